The quantitative estimate of drug-likeness (QED) is 0.748. The normalized spacial score (nSPS) is 22.9. The SMILES string of the molecule is CC(C)n1ccc2ccc(-c3cn(C4CC(CN)C4)nc3C3CC3)nc21. The van der Waals surface area contributed by atoms with Crippen molar-refractivity contribution in [2.75, 3.05) is 6.54 Å². The maximum atomic E-state index is 5.80. The van der Waals surface area contributed by atoms with Crippen molar-refractivity contribution in [3.63, 3.8) is 0 Å². The first-order valence-electron chi connectivity index (χ1n) is 9.91. The zero-order chi connectivity index (χ0) is 17.8. The molecule has 136 valence electrons. The van der Waals surface area contributed by atoms with E-state index < -0.39 is 0 Å². The number of hydrogen-bond acceptors (Lipinski definition) is 3. The van der Waals surface area contributed by atoms with Crippen LogP contribution < -0.4 is 5.73 Å². The predicted octanol–water partition coefficient (Wildman–Crippen LogP) is 4.27. The van der Waals surface area contributed by atoms with Gasteiger partial charge in [-0.15, -0.1) is 0 Å². The van der Waals surface area contributed by atoms with Crippen molar-refractivity contribution in [2.24, 2.45) is 11.7 Å². The van der Waals surface area contributed by atoms with E-state index in [0.717, 1.165) is 30.7 Å². The van der Waals surface area contributed by atoms with Crippen LogP contribution in [0.2, 0.25) is 0 Å². The summed E-state index contributed by atoms with van der Waals surface area (Å²) in [6, 6.07) is 7.42. The van der Waals surface area contributed by atoms with Gasteiger partial charge in [-0.05, 0) is 70.2 Å². The van der Waals surface area contributed by atoms with E-state index in [9.17, 15) is 0 Å². The average molecular weight is 349 g/mol. The van der Waals surface area contributed by atoms with Crippen LogP contribution >= 0.6 is 0 Å². The Kier molecular flexibility index (Phi) is 3.67. The van der Waals surface area contributed by atoms with Gasteiger partial charge in [-0.2, -0.15) is 5.10 Å². The van der Waals surface area contributed by atoms with Crippen molar-refractivity contribution >= 4 is 11.0 Å². The third-order valence-corrected chi connectivity index (χ3v) is 6.04. The molecule has 0 spiro atoms. The lowest BCUT2D eigenvalue weighted by Gasteiger charge is -2.34. The van der Waals surface area contributed by atoms with Crippen molar-refractivity contribution in [3.05, 3.63) is 36.3 Å². The Hall–Kier alpha value is -2.14. The number of fused-ring (bicyclic) bond motifs is 1. The summed E-state index contributed by atoms with van der Waals surface area (Å²) in [6.45, 7) is 5.20. The third-order valence-electron chi connectivity index (χ3n) is 6.04. The highest BCUT2D eigenvalue weighted by molar-refractivity contribution is 5.80. The van der Waals surface area contributed by atoms with Crippen LogP contribution in [0.3, 0.4) is 0 Å². The molecular formula is C21H27N5. The predicted molar refractivity (Wildman–Crippen MR) is 104 cm³/mol. The van der Waals surface area contributed by atoms with Gasteiger partial charge in [0.15, 0.2) is 0 Å². The fourth-order valence-corrected chi connectivity index (χ4v) is 4.15. The summed E-state index contributed by atoms with van der Waals surface area (Å²) in [7, 11) is 0. The van der Waals surface area contributed by atoms with E-state index in [0.29, 0.717) is 23.9 Å². The van der Waals surface area contributed by atoms with Crippen LogP contribution in [-0.4, -0.2) is 25.9 Å². The second-order valence-corrected chi connectivity index (χ2v) is 8.34. The van der Waals surface area contributed by atoms with Gasteiger partial charge >= 0.3 is 0 Å². The lowest BCUT2D eigenvalue weighted by Crippen LogP contribution is -2.32. The van der Waals surface area contributed by atoms with Gasteiger partial charge in [-0.25, -0.2) is 4.98 Å². The van der Waals surface area contributed by atoms with Crippen LogP contribution in [0.15, 0.2) is 30.6 Å². The highest BCUT2D eigenvalue weighted by atomic mass is 15.3. The van der Waals surface area contributed by atoms with Gasteiger partial charge in [0.25, 0.3) is 0 Å². The molecule has 0 bridgehead atoms. The topological polar surface area (TPSA) is 61.7 Å². The fraction of sp³-hybridized carbons (Fsp3) is 0.524. The van der Waals surface area contributed by atoms with Crippen LogP contribution in [0.25, 0.3) is 22.3 Å². The number of aromatic nitrogens is 4. The zero-order valence-electron chi connectivity index (χ0n) is 15.6. The number of nitrogens with zero attached hydrogens (tertiary/aromatic N) is 4. The number of pyridine rings is 1. The molecule has 0 radical (unpaired) electrons. The highest BCUT2D eigenvalue weighted by Crippen LogP contribution is 2.45. The van der Waals surface area contributed by atoms with Crippen LogP contribution in [0, 0.1) is 5.92 Å². The lowest BCUT2D eigenvalue weighted by molar-refractivity contribution is 0.189. The second kappa shape index (κ2) is 5.95. The Labute approximate surface area is 154 Å². The third kappa shape index (κ3) is 2.57. The first kappa shape index (κ1) is 16.1. The molecule has 0 aliphatic heterocycles. The molecule has 0 unspecified atom stereocenters. The molecule has 0 aromatic carbocycles. The van der Waals surface area contributed by atoms with Crippen LogP contribution in [-0.2, 0) is 0 Å². The van der Waals surface area contributed by atoms with E-state index in [1.54, 1.807) is 0 Å². The summed E-state index contributed by atoms with van der Waals surface area (Å²) in [6.07, 6.45) is 9.20. The van der Waals surface area contributed by atoms with E-state index in [1.807, 2.05) is 0 Å². The first-order chi connectivity index (χ1) is 12.6. The molecule has 0 amide bonds. The number of rotatable bonds is 5. The number of nitrogens with two attached hydrogens (primary N) is 1. The molecule has 2 fully saturated rings. The van der Waals surface area contributed by atoms with Crippen molar-refractivity contribution in [3.8, 4) is 11.3 Å². The number of hydrogen-bond donors (Lipinski definition) is 1. The highest BCUT2D eigenvalue weighted by Gasteiger charge is 2.34. The summed E-state index contributed by atoms with van der Waals surface area (Å²) in [5, 5.41) is 6.20. The largest absolute Gasteiger partial charge is 0.330 e. The van der Waals surface area contributed by atoms with Crippen molar-refractivity contribution in [2.45, 2.75) is 57.5 Å². The average Bonchev–Trinajstić information content (AvgIpc) is 3.20. The zero-order valence-corrected chi connectivity index (χ0v) is 15.6. The minimum Gasteiger partial charge on any atom is -0.330 e. The molecule has 3 heterocycles. The summed E-state index contributed by atoms with van der Waals surface area (Å²) < 4.78 is 4.44. The summed E-state index contributed by atoms with van der Waals surface area (Å²) in [5.41, 5.74) is 10.4. The molecule has 2 saturated carbocycles. The van der Waals surface area contributed by atoms with Gasteiger partial charge in [0.2, 0.25) is 0 Å². The van der Waals surface area contributed by atoms with E-state index in [-0.39, 0.29) is 0 Å². The maximum absolute atomic E-state index is 5.80. The lowest BCUT2D eigenvalue weighted by atomic mass is 9.80. The van der Waals surface area contributed by atoms with Crippen molar-refractivity contribution < 1.29 is 0 Å². The second-order valence-electron chi connectivity index (χ2n) is 8.34. The van der Waals surface area contributed by atoms with Gasteiger partial charge < -0.3 is 10.3 Å². The molecule has 3 aromatic heterocycles. The summed E-state index contributed by atoms with van der Waals surface area (Å²) >= 11 is 0. The Morgan fingerprint density at radius 2 is 2.00 bits per heavy atom. The molecule has 3 aromatic rings. The summed E-state index contributed by atoms with van der Waals surface area (Å²) in [5.74, 6) is 1.28. The van der Waals surface area contributed by atoms with Crippen LogP contribution in [0.5, 0.6) is 0 Å². The first-order valence-corrected chi connectivity index (χ1v) is 9.91. The van der Waals surface area contributed by atoms with E-state index in [1.165, 1.54) is 29.5 Å². The van der Waals surface area contributed by atoms with Crippen molar-refractivity contribution in [1.29, 1.82) is 0 Å². The fourth-order valence-electron chi connectivity index (χ4n) is 4.15. The molecule has 0 atom stereocenters. The van der Waals surface area contributed by atoms with Gasteiger partial charge in [0.05, 0.1) is 17.4 Å². The van der Waals surface area contributed by atoms with Gasteiger partial charge in [0.1, 0.15) is 5.65 Å². The molecule has 26 heavy (non-hydrogen) atoms. The Morgan fingerprint density at radius 1 is 1.19 bits per heavy atom. The van der Waals surface area contributed by atoms with E-state index in [2.05, 4.69) is 53.7 Å². The minimum atomic E-state index is 0.407. The Bertz CT molecular complexity index is 941. The minimum absolute atomic E-state index is 0.407. The molecule has 2 aliphatic carbocycles. The molecule has 5 rings (SSSR count). The van der Waals surface area contributed by atoms with Crippen molar-refractivity contribution in [1.82, 2.24) is 19.3 Å². The van der Waals surface area contributed by atoms with Gasteiger partial charge in [-0.3, -0.25) is 4.68 Å². The van der Waals surface area contributed by atoms with Crippen LogP contribution in [0.1, 0.15) is 63.2 Å². The Morgan fingerprint density at radius 3 is 2.69 bits per heavy atom. The Balaban J connectivity index is 1.55. The van der Waals surface area contributed by atoms with E-state index >= 15 is 0 Å². The van der Waals surface area contributed by atoms with E-state index in [4.69, 9.17) is 15.8 Å². The van der Waals surface area contributed by atoms with Gasteiger partial charge in [-0.1, -0.05) is 0 Å². The summed E-state index contributed by atoms with van der Waals surface area (Å²) in [4.78, 5) is 5.03. The smallest absolute Gasteiger partial charge is 0.140 e. The monoisotopic (exact) mass is 349 g/mol. The molecule has 2 aliphatic rings. The molecule has 2 N–H and O–H groups in total. The van der Waals surface area contributed by atoms with Crippen LogP contribution in [0.4, 0.5) is 0 Å². The molecule has 5 heteroatoms. The molecule has 5 nitrogen and oxygen atoms in total. The standard InChI is InChI=1S/C21H27N5/c1-13(2)25-8-7-16-5-6-19(23-21(16)25)18-12-26(17-9-14(10-17)11-22)24-20(18)15-3-4-15/h5-8,12-15,17H,3-4,9-11,22H2,1-2H3. The molecular weight excluding hydrogens is 322 g/mol. The van der Waals surface area contributed by atoms with Gasteiger partial charge in [0, 0.05) is 35.3 Å². The molecule has 0 saturated heterocycles. The maximum Gasteiger partial charge on any atom is 0.140 e.